The Balaban J connectivity index is 0. The molecule has 0 rings (SSSR count). The zero-order chi connectivity index (χ0) is 7.15. The van der Waals surface area contributed by atoms with Crippen molar-refractivity contribution in [2.24, 2.45) is 11.8 Å². The molecule has 2 nitrogen and oxygen atoms in total. The first kappa shape index (κ1) is 10.8. The lowest BCUT2D eigenvalue weighted by atomic mass is 10.0. The van der Waals surface area contributed by atoms with Crippen molar-refractivity contribution in [3.63, 3.8) is 0 Å². The van der Waals surface area contributed by atoms with Crippen molar-refractivity contribution in [3.8, 4) is 0 Å². The maximum Gasteiger partial charge on any atom is -0.0448 e. The highest BCUT2D eigenvalue weighted by molar-refractivity contribution is 4.46. The van der Waals surface area contributed by atoms with E-state index in [1.807, 2.05) is 0 Å². The van der Waals surface area contributed by atoms with Gasteiger partial charge in [0.05, 0.1) is 0 Å². The predicted octanol–water partition coefficient (Wildman–Crippen LogP) is 2.32. The van der Waals surface area contributed by atoms with Gasteiger partial charge in [0.1, 0.15) is 0 Å². The van der Waals surface area contributed by atoms with Crippen LogP contribution in [-0.2, 0) is 0 Å². The van der Waals surface area contributed by atoms with Gasteiger partial charge in [-0.3, -0.25) is 10.5 Å². The molecular weight excluding hydrogens is 104 g/mol. The highest BCUT2D eigenvalue weighted by atomic mass is 17.0. The molecule has 0 saturated carbocycles. The molecule has 8 heavy (non-hydrogen) atoms. The lowest BCUT2D eigenvalue weighted by molar-refractivity contribution is -0.176. The summed E-state index contributed by atoms with van der Waals surface area (Å²) >= 11 is 0. The molecule has 0 fully saturated rings. The Bertz CT molecular complexity index is 27.5. The molecule has 2 N–H and O–H groups in total. The molecule has 52 valence electrons. The molecule has 0 unspecified atom stereocenters. The smallest absolute Gasteiger partial charge is 0.0448 e. The fraction of sp³-hybridized carbons (Fsp3) is 1.00. The van der Waals surface area contributed by atoms with Crippen molar-refractivity contribution in [1.82, 2.24) is 0 Å². The topological polar surface area (TPSA) is 40.5 Å². The van der Waals surface area contributed by atoms with Gasteiger partial charge in [0.25, 0.3) is 0 Å². The van der Waals surface area contributed by atoms with Gasteiger partial charge < -0.3 is 0 Å². The molecule has 0 spiro atoms. The first-order valence-electron chi connectivity index (χ1n) is 2.84. The Morgan fingerprint density at radius 3 is 0.875 bits per heavy atom. The van der Waals surface area contributed by atoms with Crippen LogP contribution in [0.4, 0.5) is 0 Å². The zero-order valence-corrected chi connectivity index (χ0v) is 6.05. The van der Waals surface area contributed by atoms with Crippen molar-refractivity contribution < 1.29 is 10.5 Å². The molecule has 0 aliphatic rings. The van der Waals surface area contributed by atoms with Crippen LogP contribution >= 0.6 is 0 Å². The van der Waals surface area contributed by atoms with E-state index < -0.39 is 0 Å². The van der Waals surface area contributed by atoms with E-state index in [0.717, 1.165) is 11.8 Å². The van der Waals surface area contributed by atoms with Gasteiger partial charge in [-0.15, -0.1) is 0 Å². The summed E-state index contributed by atoms with van der Waals surface area (Å²) in [6.45, 7) is 8.96. The van der Waals surface area contributed by atoms with Gasteiger partial charge in [0.2, 0.25) is 0 Å². The SMILES string of the molecule is CC(C)C(C)C.OO. The van der Waals surface area contributed by atoms with Crippen LogP contribution < -0.4 is 0 Å². The van der Waals surface area contributed by atoms with Crippen LogP contribution in [0.1, 0.15) is 27.7 Å². The van der Waals surface area contributed by atoms with Gasteiger partial charge >= 0.3 is 0 Å². The largest absolute Gasteiger partial charge is 0.255 e. The molecule has 0 aliphatic carbocycles. The Morgan fingerprint density at radius 1 is 0.750 bits per heavy atom. The van der Waals surface area contributed by atoms with Crippen LogP contribution in [0, 0.1) is 11.8 Å². The first-order chi connectivity index (χ1) is 3.64. The van der Waals surface area contributed by atoms with E-state index >= 15 is 0 Å². The van der Waals surface area contributed by atoms with Gasteiger partial charge in [0, 0.05) is 0 Å². The summed E-state index contributed by atoms with van der Waals surface area (Å²) < 4.78 is 0. The normalized spacial score (nSPS) is 9.00. The van der Waals surface area contributed by atoms with E-state index in [4.69, 9.17) is 10.5 Å². The summed E-state index contributed by atoms with van der Waals surface area (Å²) in [6, 6.07) is 0. The summed E-state index contributed by atoms with van der Waals surface area (Å²) in [6.07, 6.45) is 0. The average molecular weight is 120 g/mol. The van der Waals surface area contributed by atoms with E-state index in [-0.39, 0.29) is 0 Å². The van der Waals surface area contributed by atoms with Gasteiger partial charge in [-0.05, 0) is 11.8 Å². The molecule has 0 heterocycles. The van der Waals surface area contributed by atoms with Crippen molar-refractivity contribution in [1.29, 1.82) is 0 Å². The van der Waals surface area contributed by atoms with E-state index in [0.29, 0.717) is 0 Å². The number of rotatable bonds is 1. The van der Waals surface area contributed by atoms with E-state index in [1.165, 1.54) is 0 Å². The molecule has 0 atom stereocenters. The number of hydrogen-bond donors (Lipinski definition) is 2. The minimum atomic E-state index is 0.852. The van der Waals surface area contributed by atoms with Gasteiger partial charge in [0.15, 0.2) is 0 Å². The van der Waals surface area contributed by atoms with Crippen molar-refractivity contribution in [2.75, 3.05) is 0 Å². The Morgan fingerprint density at radius 2 is 0.875 bits per heavy atom. The summed E-state index contributed by atoms with van der Waals surface area (Å²) in [7, 11) is 0. The summed E-state index contributed by atoms with van der Waals surface area (Å²) in [5, 5.41) is 12.0. The second-order valence-corrected chi connectivity index (χ2v) is 2.49. The summed E-state index contributed by atoms with van der Waals surface area (Å²) in [5.74, 6) is 1.70. The standard InChI is InChI=1S/C6H14.H2O2/c1-5(2)6(3)4;1-2/h5-6H,1-4H3;1-2H. The lowest BCUT2D eigenvalue weighted by Crippen LogP contribution is -1.95. The highest BCUT2D eigenvalue weighted by Gasteiger charge is 1.95. The minimum absolute atomic E-state index is 0.852. The monoisotopic (exact) mass is 120 g/mol. The van der Waals surface area contributed by atoms with Crippen molar-refractivity contribution in [3.05, 3.63) is 0 Å². The van der Waals surface area contributed by atoms with Gasteiger partial charge in [-0.1, -0.05) is 27.7 Å². The molecule has 0 radical (unpaired) electrons. The molecule has 0 aromatic carbocycles. The third-order valence-corrected chi connectivity index (χ3v) is 1.33. The molecule has 2 heteroatoms. The second kappa shape index (κ2) is 6.92. The first-order valence-corrected chi connectivity index (χ1v) is 2.84. The second-order valence-electron chi connectivity index (χ2n) is 2.49. The fourth-order valence-corrected chi connectivity index (χ4v) is 0. The Labute approximate surface area is 51.1 Å². The quantitative estimate of drug-likeness (QED) is 0.412. The minimum Gasteiger partial charge on any atom is -0.255 e. The molecule has 0 bridgehead atoms. The average Bonchev–Trinajstić information content (AvgIpc) is 1.72. The summed E-state index contributed by atoms with van der Waals surface area (Å²) in [5.41, 5.74) is 0. The summed E-state index contributed by atoms with van der Waals surface area (Å²) in [4.78, 5) is 0. The van der Waals surface area contributed by atoms with Crippen LogP contribution in [-0.4, -0.2) is 10.5 Å². The lowest BCUT2D eigenvalue weighted by Gasteiger charge is -2.05. The van der Waals surface area contributed by atoms with Crippen LogP contribution in [0.25, 0.3) is 0 Å². The molecule has 0 aliphatic heterocycles. The van der Waals surface area contributed by atoms with E-state index in [9.17, 15) is 0 Å². The van der Waals surface area contributed by atoms with Crippen LogP contribution in [0.15, 0.2) is 0 Å². The maximum atomic E-state index is 6.00. The van der Waals surface area contributed by atoms with Crippen LogP contribution in [0.5, 0.6) is 0 Å². The van der Waals surface area contributed by atoms with Gasteiger partial charge in [-0.25, -0.2) is 0 Å². The van der Waals surface area contributed by atoms with Crippen molar-refractivity contribution in [2.45, 2.75) is 27.7 Å². The van der Waals surface area contributed by atoms with Gasteiger partial charge in [-0.2, -0.15) is 0 Å². The third-order valence-electron chi connectivity index (χ3n) is 1.33. The van der Waals surface area contributed by atoms with Crippen molar-refractivity contribution >= 4 is 0 Å². The fourth-order valence-electron chi connectivity index (χ4n) is 0. The zero-order valence-electron chi connectivity index (χ0n) is 6.05. The molecule has 0 saturated heterocycles. The Hall–Kier alpha value is -0.0800. The van der Waals surface area contributed by atoms with Crippen LogP contribution in [0.2, 0.25) is 0 Å². The third kappa shape index (κ3) is 9.33. The van der Waals surface area contributed by atoms with E-state index in [1.54, 1.807) is 0 Å². The molecule has 0 aromatic rings. The predicted molar refractivity (Wildman–Crippen MR) is 34.9 cm³/mol. The van der Waals surface area contributed by atoms with Crippen LogP contribution in [0.3, 0.4) is 0 Å². The molecular formula is C6H16O2. The molecule has 0 aromatic heterocycles. The highest BCUT2D eigenvalue weighted by Crippen LogP contribution is 2.05. The Kier molecular flexibility index (Phi) is 9.36. The maximum absolute atomic E-state index is 6.00. The number of hydrogen-bond acceptors (Lipinski definition) is 2. The molecule has 0 amide bonds. The van der Waals surface area contributed by atoms with E-state index in [2.05, 4.69) is 27.7 Å².